The number of ether oxygens (including phenoxy) is 1. The highest BCUT2D eigenvalue weighted by Gasteiger charge is 2.22. The van der Waals surface area contributed by atoms with Crippen LogP contribution in [0.2, 0.25) is 0 Å². The molecule has 0 unspecified atom stereocenters. The van der Waals surface area contributed by atoms with Gasteiger partial charge in [-0.1, -0.05) is 12.1 Å². The van der Waals surface area contributed by atoms with E-state index in [-0.39, 0.29) is 16.2 Å². The summed E-state index contributed by atoms with van der Waals surface area (Å²) >= 11 is 1.52. The van der Waals surface area contributed by atoms with Crippen molar-refractivity contribution < 1.29 is 23.1 Å². The predicted octanol–water partition coefficient (Wildman–Crippen LogP) is 3.57. The van der Waals surface area contributed by atoms with Crippen molar-refractivity contribution >= 4 is 38.0 Å². The van der Waals surface area contributed by atoms with Crippen LogP contribution in [0, 0.1) is 0 Å². The third kappa shape index (κ3) is 3.67. The van der Waals surface area contributed by atoms with Gasteiger partial charge in [0.05, 0.1) is 18.4 Å². The highest BCUT2D eigenvalue weighted by atomic mass is 32.2. The van der Waals surface area contributed by atoms with E-state index in [1.54, 1.807) is 24.3 Å². The lowest BCUT2D eigenvalue weighted by Gasteiger charge is -2.12. The van der Waals surface area contributed by atoms with E-state index in [1.807, 2.05) is 22.2 Å². The lowest BCUT2D eigenvalue weighted by Crippen LogP contribution is -2.15. The number of thiazole rings is 1. The van der Waals surface area contributed by atoms with Crippen molar-refractivity contribution in [2.45, 2.75) is 4.90 Å². The molecule has 0 saturated carbocycles. The molecule has 8 nitrogen and oxygen atoms in total. The Morgan fingerprint density at radius 3 is 2.62 bits per heavy atom. The van der Waals surface area contributed by atoms with Crippen LogP contribution in [0.15, 0.2) is 65.1 Å². The van der Waals surface area contributed by atoms with Crippen molar-refractivity contribution in [3.8, 4) is 17.0 Å². The molecule has 2 heterocycles. The molecule has 0 atom stereocenters. The van der Waals surface area contributed by atoms with Gasteiger partial charge in [-0.25, -0.2) is 18.2 Å². The fourth-order valence-electron chi connectivity index (χ4n) is 2.81. The summed E-state index contributed by atoms with van der Waals surface area (Å²) in [7, 11) is -2.74. The van der Waals surface area contributed by atoms with Gasteiger partial charge >= 0.3 is 5.97 Å². The normalized spacial score (nSPS) is 11.5. The van der Waals surface area contributed by atoms with Crippen LogP contribution in [0.1, 0.15) is 10.4 Å². The number of carbonyl (C=O) groups is 1. The van der Waals surface area contributed by atoms with E-state index in [0.717, 1.165) is 22.3 Å². The van der Waals surface area contributed by atoms with Crippen molar-refractivity contribution in [1.82, 2.24) is 9.38 Å². The molecular weight excluding hydrogens is 414 g/mol. The van der Waals surface area contributed by atoms with E-state index < -0.39 is 16.0 Å². The summed E-state index contributed by atoms with van der Waals surface area (Å²) < 4.78 is 35.0. The second-order valence-electron chi connectivity index (χ2n) is 6.07. The molecule has 0 saturated heterocycles. The summed E-state index contributed by atoms with van der Waals surface area (Å²) in [5.74, 6) is -1.18. The van der Waals surface area contributed by atoms with Crippen LogP contribution in [-0.4, -0.2) is 36.0 Å². The first-order valence-electron chi connectivity index (χ1n) is 8.34. The number of aromatic carboxylic acids is 1. The molecule has 29 heavy (non-hydrogen) atoms. The maximum absolute atomic E-state index is 12.8. The zero-order chi connectivity index (χ0) is 20.6. The van der Waals surface area contributed by atoms with Gasteiger partial charge in [-0.05, 0) is 30.3 Å². The first-order valence-corrected chi connectivity index (χ1v) is 10.7. The Balaban J connectivity index is 1.62. The minimum Gasteiger partial charge on any atom is -0.495 e. The molecular formula is C19H15N3O5S2. The standard InChI is InChI=1S/C19H15N3O5S2/c1-27-16-7-4-13(18(23)24)10-17(16)29(25,26)21-14-5-2-12(3-6-14)15-11-22-8-9-28-19(22)20-15/h2-11,21H,1H3,(H,23,24). The number of imidazole rings is 1. The van der Waals surface area contributed by atoms with Crippen molar-refractivity contribution in [1.29, 1.82) is 0 Å². The number of nitrogens with zero attached hydrogens (tertiary/aromatic N) is 2. The van der Waals surface area contributed by atoms with Crippen LogP contribution in [0.3, 0.4) is 0 Å². The maximum Gasteiger partial charge on any atom is 0.335 e. The van der Waals surface area contributed by atoms with Crippen LogP contribution >= 0.6 is 11.3 Å². The minimum absolute atomic E-state index is 0.0530. The number of sulfonamides is 1. The highest BCUT2D eigenvalue weighted by molar-refractivity contribution is 7.92. The van der Waals surface area contributed by atoms with Crippen LogP contribution in [0.25, 0.3) is 16.2 Å². The number of fused-ring (bicyclic) bond motifs is 1. The van der Waals surface area contributed by atoms with Gasteiger partial charge in [0, 0.05) is 29.0 Å². The molecule has 0 radical (unpaired) electrons. The molecule has 2 aromatic carbocycles. The SMILES string of the molecule is COc1ccc(C(=O)O)cc1S(=O)(=O)Nc1ccc(-c2cn3ccsc3n2)cc1. The van der Waals surface area contributed by atoms with Crippen LogP contribution in [0.4, 0.5) is 5.69 Å². The lowest BCUT2D eigenvalue weighted by atomic mass is 10.1. The monoisotopic (exact) mass is 429 g/mol. The molecule has 4 aromatic rings. The van der Waals surface area contributed by atoms with Crippen LogP contribution in [-0.2, 0) is 10.0 Å². The zero-order valence-electron chi connectivity index (χ0n) is 15.1. The molecule has 10 heteroatoms. The van der Waals surface area contributed by atoms with Gasteiger partial charge in [0.15, 0.2) is 4.96 Å². The number of hydrogen-bond donors (Lipinski definition) is 2. The van der Waals surface area contributed by atoms with Gasteiger partial charge in [-0.15, -0.1) is 11.3 Å². The molecule has 0 bridgehead atoms. The summed E-state index contributed by atoms with van der Waals surface area (Å²) in [6.07, 6.45) is 3.81. The molecule has 0 aliphatic rings. The number of rotatable bonds is 6. The molecule has 2 aromatic heterocycles. The zero-order valence-corrected chi connectivity index (χ0v) is 16.7. The quantitative estimate of drug-likeness (QED) is 0.485. The van der Waals surface area contributed by atoms with E-state index in [4.69, 9.17) is 9.84 Å². The molecule has 4 rings (SSSR count). The second-order valence-corrected chi connectivity index (χ2v) is 8.60. The van der Waals surface area contributed by atoms with Gasteiger partial charge in [0.1, 0.15) is 10.6 Å². The number of nitrogens with one attached hydrogen (secondary N) is 1. The third-order valence-corrected chi connectivity index (χ3v) is 6.40. The second kappa shape index (κ2) is 7.22. The van der Waals surface area contributed by atoms with Gasteiger partial charge in [-0.3, -0.25) is 9.12 Å². The smallest absolute Gasteiger partial charge is 0.335 e. The molecule has 2 N–H and O–H groups in total. The van der Waals surface area contributed by atoms with E-state index in [9.17, 15) is 13.2 Å². The number of carboxylic acids is 1. The average molecular weight is 429 g/mol. The molecule has 0 aliphatic heterocycles. The van der Waals surface area contributed by atoms with E-state index >= 15 is 0 Å². The van der Waals surface area contributed by atoms with Gasteiger partial charge < -0.3 is 9.84 Å². The van der Waals surface area contributed by atoms with Crippen molar-refractivity contribution in [3.05, 3.63) is 65.8 Å². The molecule has 0 amide bonds. The lowest BCUT2D eigenvalue weighted by molar-refractivity contribution is 0.0696. The van der Waals surface area contributed by atoms with Gasteiger partial charge in [-0.2, -0.15) is 0 Å². The van der Waals surface area contributed by atoms with E-state index in [1.165, 1.54) is 30.6 Å². The Morgan fingerprint density at radius 2 is 1.97 bits per heavy atom. The van der Waals surface area contributed by atoms with E-state index in [2.05, 4.69) is 9.71 Å². The van der Waals surface area contributed by atoms with Crippen molar-refractivity contribution in [2.24, 2.45) is 0 Å². The molecule has 0 fully saturated rings. The summed E-state index contributed by atoms with van der Waals surface area (Å²) in [6.45, 7) is 0. The molecule has 148 valence electrons. The van der Waals surface area contributed by atoms with Crippen LogP contribution < -0.4 is 9.46 Å². The predicted molar refractivity (Wildman–Crippen MR) is 109 cm³/mol. The van der Waals surface area contributed by atoms with Crippen molar-refractivity contribution in [2.75, 3.05) is 11.8 Å². The minimum atomic E-state index is -4.06. The Bertz CT molecular complexity index is 1280. The van der Waals surface area contributed by atoms with Gasteiger partial charge in [0.2, 0.25) is 0 Å². The Kier molecular flexibility index (Phi) is 4.73. The number of aromatic nitrogens is 2. The fourth-order valence-corrected chi connectivity index (χ4v) is 4.76. The van der Waals surface area contributed by atoms with Crippen molar-refractivity contribution in [3.63, 3.8) is 0 Å². The number of carboxylic acid groups (broad SMARTS) is 1. The summed E-state index contributed by atoms with van der Waals surface area (Å²) in [4.78, 5) is 16.3. The largest absolute Gasteiger partial charge is 0.495 e. The van der Waals surface area contributed by atoms with Gasteiger partial charge in [0.25, 0.3) is 10.0 Å². The molecule has 0 spiro atoms. The van der Waals surface area contributed by atoms with E-state index in [0.29, 0.717) is 5.69 Å². The summed E-state index contributed by atoms with van der Waals surface area (Å²) in [5.41, 5.74) is 1.80. The number of anilines is 1. The number of hydrogen-bond acceptors (Lipinski definition) is 6. The topological polar surface area (TPSA) is 110 Å². The molecule has 0 aliphatic carbocycles. The first kappa shape index (κ1) is 19.0. The Hall–Kier alpha value is -3.37. The summed E-state index contributed by atoms with van der Waals surface area (Å²) in [5, 5.41) is 11.1. The highest BCUT2D eigenvalue weighted by Crippen LogP contribution is 2.28. The Labute approximate surface area is 170 Å². The fraction of sp³-hybridized carbons (Fsp3) is 0.0526. The van der Waals surface area contributed by atoms with Crippen LogP contribution in [0.5, 0.6) is 5.75 Å². The number of benzene rings is 2. The maximum atomic E-state index is 12.8. The third-order valence-electron chi connectivity index (χ3n) is 4.23. The first-order chi connectivity index (χ1) is 13.9. The average Bonchev–Trinajstić information content (AvgIpc) is 3.30. The number of methoxy groups -OCH3 is 1. The Morgan fingerprint density at radius 1 is 1.21 bits per heavy atom. The summed E-state index contributed by atoms with van der Waals surface area (Å²) in [6, 6.07) is 10.4.